The van der Waals surface area contributed by atoms with Crippen molar-refractivity contribution in [2.24, 2.45) is 5.92 Å². The molecule has 0 aromatic heterocycles. The standard InChI is InChI=1S/C19H26F4/c1-3-13-18(20,21)19(22,23)17-11-9-16(10-12-17)15-7-5-14(4-2)6-8-15/h9-12,14-15H,3-8,13H2,1-2H3. The number of hydrogen-bond acceptors (Lipinski definition) is 0. The second-order valence-electron chi connectivity index (χ2n) is 6.78. The minimum absolute atomic E-state index is 0.0291. The topological polar surface area (TPSA) is 0 Å². The van der Waals surface area contributed by atoms with E-state index in [9.17, 15) is 17.6 Å². The third-order valence-corrected chi connectivity index (χ3v) is 5.19. The molecule has 0 radical (unpaired) electrons. The first kappa shape index (κ1) is 18.3. The first-order valence-corrected chi connectivity index (χ1v) is 8.67. The molecule has 0 heterocycles. The summed E-state index contributed by atoms with van der Waals surface area (Å²) in [6, 6.07) is 5.60. The van der Waals surface area contributed by atoms with Gasteiger partial charge in [-0.15, -0.1) is 0 Å². The van der Waals surface area contributed by atoms with E-state index in [1.165, 1.54) is 25.5 Å². The lowest BCUT2D eigenvalue weighted by atomic mass is 9.77. The van der Waals surface area contributed by atoms with Crippen LogP contribution < -0.4 is 0 Å². The van der Waals surface area contributed by atoms with Crippen LogP contribution in [0.4, 0.5) is 17.6 Å². The third kappa shape index (κ3) is 3.89. The average molecular weight is 330 g/mol. The Hall–Kier alpha value is -1.06. The molecule has 0 atom stereocenters. The summed E-state index contributed by atoms with van der Waals surface area (Å²) in [5.41, 5.74) is 0.417. The Balaban J connectivity index is 2.10. The summed E-state index contributed by atoms with van der Waals surface area (Å²) in [4.78, 5) is 0. The Morgan fingerprint density at radius 2 is 1.48 bits per heavy atom. The van der Waals surface area contributed by atoms with Crippen molar-refractivity contribution in [3.05, 3.63) is 35.4 Å². The van der Waals surface area contributed by atoms with E-state index in [1.54, 1.807) is 12.1 Å². The summed E-state index contributed by atoms with van der Waals surface area (Å²) in [5.74, 6) is -6.97. The van der Waals surface area contributed by atoms with Crippen molar-refractivity contribution >= 4 is 0 Å². The molecular formula is C19H26F4. The highest BCUT2D eigenvalue weighted by Gasteiger charge is 2.56. The molecule has 130 valence electrons. The molecule has 0 saturated heterocycles. The molecule has 0 unspecified atom stereocenters. The predicted octanol–water partition coefficient (Wildman–Crippen LogP) is 6.90. The fourth-order valence-corrected chi connectivity index (χ4v) is 3.55. The molecule has 1 saturated carbocycles. The third-order valence-electron chi connectivity index (χ3n) is 5.19. The van der Waals surface area contributed by atoms with Crippen molar-refractivity contribution < 1.29 is 17.6 Å². The fourth-order valence-electron chi connectivity index (χ4n) is 3.55. The van der Waals surface area contributed by atoms with Gasteiger partial charge in [-0.2, -0.15) is 17.6 Å². The van der Waals surface area contributed by atoms with Gasteiger partial charge in [0.05, 0.1) is 0 Å². The normalized spacial score (nSPS) is 23.0. The minimum atomic E-state index is -4.11. The molecule has 1 aromatic rings. The molecule has 0 bridgehead atoms. The van der Waals surface area contributed by atoms with Crippen LogP contribution in [0.3, 0.4) is 0 Å². The van der Waals surface area contributed by atoms with Crippen molar-refractivity contribution in [2.75, 3.05) is 0 Å². The van der Waals surface area contributed by atoms with Gasteiger partial charge < -0.3 is 0 Å². The van der Waals surface area contributed by atoms with Crippen molar-refractivity contribution in [2.45, 2.75) is 76.6 Å². The zero-order chi connectivity index (χ0) is 17.1. The summed E-state index contributed by atoms with van der Waals surface area (Å²) in [6.07, 6.45) is 4.84. The zero-order valence-corrected chi connectivity index (χ0v) is 13.9. The van der Waals surface area contributed by atoms with Crippen LogP contribution in [0.2, 0.25) is 0 Å². The average Bonchev–Trinajstić information content (AvgIpc) is 2.55. The molecule has 1 aliphatic rings. The molecule has 0 amide bonds. The molecule has 23 heavy (non-hydrogen) atoms. The largest absolute Gasteiger partial charge is 0.335 e. The Morgan fingerprint density at radius 3 is 1.96 bits per heavy atom. The number of rotatable bonds is 6. The van der Waals surface area contributed by atoms with Crippen molar-refractivity contribution in [1.82, 2.24) is 0 Å². The predicted molar refractivity (Wildman–Crippen MR) is 85.2 cm³/mol. The maximum atomic E-state index is 14.0. The Labute approximate surface area is 136 Å². The minimum Gasteiger partial charge on any atom is -0.199 e. The Morgan fingerprint density at radius 1 is 0.913 bits per heavy atom. The van der Waals surface area contributed by atoms with Gasteiger partial charge in [0.1, 0.15) is 0 Å². The molecule has 0 spiro atoms. The van der Waals surface area contributed by atoms with Crippen LogP contribution in [0, 0.1) is 5.92 Å². The van der Waals surface area contributed by atoms with Crippen LogP contribution in [0.5, 0.6) is 0 Å². The molecule has 1 aliphatic carbocycles. The van der Waals surface area contributed by atoms with E-state index in [0.29, 0.717) is 5.92 Å². The van der Waals surface area contributed by atoms with E-state index >= 15 is 0 Å². The molecule has 0 N–H and O–H groups in total. The Kier molecular flexibility index (Phi) is 5.74. The van der Waals surface area contributed by atoms with E-state index in [0.717, 1.165) is 37.2 Å². The SMILES string of the molecule is CCCC(F)(F)C(F)(F)c1ccc(C2CCC(CC)CC2)cc1. The van der Waals surface area contributed by atoms with Gasteiger partial charge in [0.15, 0.2) is 0 Å². The lowest BCUT2D eigenvalue weighted by Gasteiger charge is -2.29. The van der Waals surface area contributed by atoms with Crippen LogP contribution in [0.25, 0.3) is 0 Å². The van der Waals surface area contributed by atoms with Gasteiger partial charge in [-0.3, -0.25) is 0 Å². The maximum Gasteiger partial charge on any atom is 0.335 e. The quantitative estimate of drug-likeness (QED) is 0.498. The second-order valence-corrected chi connectivity index (χ2v) is 6.78. The van der Waals surface area contributed by atoms with E-state index in [1.807, 2.05) is 0 Å². The molecule has 2 rings (SSSR count). The fraction of sp³-hybridized carbons (Fsp3) is 0.684. The number of alkyl halides is 4. The van der Waals surface area contributed by atoms with Gasteiger partial charge >= 0.3 is 11.8 Å². The van der Waals surface area contributed by atoms with Crippen LogP contribution in [0.1, 0.15) is 75.8 Å². The van der Waals surface area contributed by atoms with E-state index in [-0.39, 0.29) is 6.42 Å². The van der Waals surface area contributed by atoms with Gasteiger partial charge in [-0.1, -0.05) is 51.0 Å². The van der Waals surface area contributed by atoms with Crippen LogP contribution in [-0.2, 0) is 5.92 Å². The summed E-state index contributed by atoms with van der Waals surface area (Å²) in [5, 5.41) is 0. The van der Waals surface area contributed by atoms with Gasteiger partial charge in [0, 0.05) is 12.0 Å². The molecule has 4 heteroatoms. The van der Waals surface area contributed by atoms with Gasteiger partial charge in [0.25, 0.3) is 0 Å². The summed E-state index contributed by atoms with van der Waals surface area (Å²) < 4.78 is 55.4. The van der Waals surface area contributed by atoms with Gasteiger partial charge in [-0.25, -0.2) is 0 Å². The van der Waals surface area contributed by atoms with Crippen molar-refractivity contribution in [1.29, 1.82) is 0 Å². The highest BCUT2D eigenvalue weighted by molar-refractivity contribution is 5.29. The monoisotopic (exact) mass is 330 g/mol. The summed E-state index contributed by atoms with van der Waals surface area (Å²) in [7, 11) is 0. The van der Waals surface area contributed by atoms with Crippen LogP contribution in [0.15, 0.2) is 24.3 Å². The number of halogens is 4. The molecule has 1 aromatic carbocycles. The first-order valence-electron chi connectivity index (χ1n) is 8.67. The van der Waals surface area contributed by atoms with E-state index in [2.05, 4.69) is 6.92 Å². The van der Waals surface area contributed by atoms with E-state index < -0.39 is 23.8 Å². The van der Waals surface area contributed by atoms with Crippen LogP contribution in [-0.4, -0.2) is 5.92 Å². The van der Waals surface area contributed by atoms with Crippen LogP contribution >= 0.6 is 0 Å². The smallest absolute Gasteiger partial charge is 0.199 e. The zero-order valence-electron chi connectivity index (χ0n) is 13.9. The van der Waals surface area contributed by atoms with Crippen molar-refractivity contribution in [3.8, 4) is 0 Å². The lowest BCUT2D eigenvalue weighted by molar-refractivity contribution is -0.219. The molecule has 1 fully saturated rings. The molecule has 0 nitrogen and oxygen atoms in total. The summed E-state index contributed by atoms with van der Waals surface area (Å²) in [6.45, 7) is 3.68. The van der Waals surface area contributed by atoms with Gasteiger partial charge in [-0.05, 0) is 43.1 Å². The highest BCUT2D eigenvalue weighted by Crippen LogP contribution is 2.46. The second kappa shape index (κ2) is 7.23. The van der Waals surface area contributed by atoms with Crippen molar-refractivity contribution in [3.63, 3.8) is 0 Å². The maximum absolute atomic E-state index is 14.0. The molecular weight excluding hydrogens is 304 g/mol. The lowest BCUT2D eigenvalue weighted by Crippen LogP contribution is -2.37. The van der Waals surface area contributed by atoms with Gasteiger partial charge in [0.2, 0.25) is 0 Å². The first-order chi connectivity index (χ1) is 10.8. The molecule has 0 aliphatic heterocycles. The number of benzene rings is 1. The highest BCUT2D eigenvalue weighted by atomic mass is 19.3. The van der Waals surface area contributed by atoms with E-state index in [4.69, 9.17) is 0 Å². The summed E-state index contributed by atoms with van der Waals surface area (Å²) >= 11 is 0. The Bertz CT molecular complexity index is 485. The number of hydrogen-bond donors (Lipinski definition) is 0.